The van der Waals surface area contributed by atoms with Crippen molar-refractivity contribution in [3.8, 4) is 10.4 Å². The first-order valence-corrected chi connectivity index (χ1v) is 8.35. The molecule has 1 N–H and O–H groups in total. The minimum absolute atomic E-state index is 0.266. The van der Waals surface area contributed by atoms with Gasteiger partial charge >= 0.3 is 0 Å². The molecule has 1 amide bonds. The number of nitrogens with one attached hydrogen (secondary N) is 1. The third kappa shape index (κ3) is 2.77. The highest BCUT2D eigenvalue weighted by molar-refractivity contribution is 7.13. The van der Waals surface area contributed by atoms with Crippen LogP contribution in [0.1, 0.15) is 10.5 Å². The van der Waals surface area contributed by atoms with Crippen LogP contribution in [-0.4, -0.2) is 15.9 Å². The van der Waals surface area contributed by atoms with E-state index in [1.165, 1.54) is 6.20 Å². The van der Waals surface area contributed by atoms with Crippen LogP contribution in [0.15, 0.2) is 72.2 Å². The summed E-state index contributed by atoms with van der Waals surface area (Å²) >= 11 is 1.64. The summed E-state index contributed by atoms with van der Waals surface area (Å²) in [5, 5.41) is 4.96. The minimum Gasteiger partial charge on any atom is -0.320 e. The maximum absolute atomic E-state index is 12.6. The Hall–Kier alpha value is -3.05. The fourth-order valence-electron chi connectivity index (χ4n) is 2.49. The molecule has 2 heterocycles. The number of hydrogen-bond donors (Lipinski definition) is 1. The Bertz CT molecular complexity index is 1010. The van der Waals surface area contributed by atoms with Crippen LogP contribution in [0.2, 0.25) is 0 Å². The van der Waals surface area contributed by atoms with Crippen molar-refractivity contribution in [2.75, 3.05) is 5.32 Å². The molecule has 0 radical (unpaired) electrons. The summed E-state index contributed by atoms with van der Waals surface area (Å²) < 4.78 is 0. The van der Waals surface area contributed by atoms with E-state index in [2.05, 4.69) is 15.3 Å². The first-order chi connectivity index (χ1) is 11.8. The first-order valence-electron chi connectivity index (χ1n) is 7.47. The lowest BCUT2D eigenvalue weighted by molar-refractivity contribution is 0.102. The smallest absolute Gasteiger partial charge is 0.275 e. The molecule has 4 rings (SSSR count). The van der Waals surface area contributed by atoms with Crippen LogP contribution in [0.3, 0.4) is 0 Å². The standard InChI is InChI=1S/C19H13N3OS/c23-19(17-12-20-15-8-3-4-9-16(15)21-17)22-14-7-2-1-6-13(14)18-10-5-11-24-18/h1-12H,(H,22,23). The predicted molar refractivity (Wildman–Crippen MR) is 97.2 cm³/mol. The van der Waals surface area contributed by atoms with E-state index in [4.69, 9.17) is 0 Å². The molecule has 0 bridgehead atoms. The lowest BCUT2D eigenvalue weighted by atomic mass is 10.1. The second-order valence-corrected chi connectivity index (χ2v) is 6.17. The van der Waals surface area contributed by atoms with Gasteiger partial charge in [-0.15, -0.1) is 11.3 Å². The highest BCUT2D eigenvalue weighted by Crippen LogP contribution is 2.31. The normalized spacial score (nSPS) is 10.7. The Balaban J connectivity index is 1.66. The number of fused-ring (bicyclic) bond motifs is 1. The van der Waals surface area contributed by atoms with E-state index < -0.39 is 0 Å². The molecule has 0 aliphatic rings. The van der Waals surface area contributed by atoms with Crippen molar-refractivity contribution in [1.29, 1.82) is 0 Å². The van der Waals surface area contributed by atoms with Crippen LogP contribution in [0.4, 0.5) is 5.69 Å². The van der Waals surface area contributed by atoms with Gasteiger partial charge in [-0.1, -0.05) is 36.4 Å². The molecular weight excluding hydrogens is 318 g/mol. The van der Waals surface area contributed by atoms with Crippen LogP contribution < -0.4 is 5.32 Å². The molecule has 0 saturated heterocycles. The first kappa shape index (κ1) is 14.5. The third-order valence-corrected chi connectivity index (χ3v) is 4.55. The van der Waals surface area contributed by atoms with Gasteiger partial charge in [0, 0.05) is 16.1 Å². The number of anilines is 1. The molecule has 5 heteroatoms. The van der Waals surface area contributed by atoms with Crippen molar-refractivity contribution in [3.63, 3.8) is 0 Å². The summed E-state index contributed by atoms with van der Waals surface area (Å²) in [7, 11) is 0. The highest BCUT2D eigenvalue weighted by Gasteiger charge is 2.12. The zero-order chi connectivity index (χ0) is 16.4. The summed E-state index contributed by atoms with van der Waals surface area (Å²) in [6, 6.07) is 19.3. The number of carbonyl (C=O) groups is 1. The van der Waals surface area contributed by atoms with Gasteiger partial charge in [-0.05, 0) is 29.6 Å². The van der Waals surface area contributed by atoms with Crippen molar-refractivity contribution in [1.82, 2.24) is 9.97 Å². The van der Waals surface area contributed by atoms with Gasteiger partial charge in [-0.2, -0.15) is 0 Å². The van der Waals surface area contributed by atoms with Crippen molar-refractivity contribution in [2.24, 2.45) is 0 Å². The topological polar surface area (TPSA) is 54.9 Å². The van der Waals surface area contributed by atoms with Gasteiger partial charge in [0.1, 0.15) is 5.69 Å². The van der Waals surface area contributed by atoms with Crippen molar-refractivity contribution < 1.29 is 4.79 Å². The number of hydrogen-bond acceptors (Lipinski definition) is 4. The van der Waals surface area contributed by atoms with E-state index in [0.29, 0.717) is 11.2 Å². The van der Waals surface area contributed by atoms with Crippen molar-refractivity contribution in [2.45, 2.75) is 0 Å². The molecule has 0 saturated carbocycles. The number of nitrogens with zero attached hydrogens (tertiary/aromatic N) is 2. The van der Waals surface area contributed by atoms with Crippen LogP contribution >= 0.6 is 11.3 Å². The fourth-order valence-corrected chi connectivity index (χ4v) is 3.26. The molecule has 0 fully saturated rings. The van der Waals surface area contributed by atoms with E-state index in [1.54, 1.807) is 11.3 Å². The largest absolute Gasteiger partial charge is 0.320 e. The number of amides is 1. The summed E-state index contributed by atoms with van der Waals surface area (Å²) in [6.45, 7) is 0. The second kappa shape index (κ2) is 6.22. The SMILES string of the molecule is O=C(Nc1ccccc1-c1cccs1)c1cnc2ccccc2n1. The Morgan fingerprint density at radius 1 is 0.917 bits per heavy atom. The van der Waals surface area contributed by atoms with Crippen LogP contribution in [0.25, 0.3) is 21.5 Å². The maximum Gasteiger partial charge on any atom is 0.275 e. The van der Waals surface area contributed by atoms with Gasteiger partial charge in [0.2, 0.25) is 0 Å². The zero-order valence-corrected chi connectivity index (χ0v) is 13.5. The summed E-state index contributed by atoms with van der Waals surface area (Å²) in [6.07, 6.45) is 1.51. The fraction of sp³-hybridized carbons (Fsp3) is 0. The molecule has 0 aliphatic carbocycles. The van der Waals surface area contributed by atoms with Crippen LogP contribution in [-0.2, 0) is 0 Å². The number of rotatable bonds is 3. The van der Waals surface area contributed by atoms with E-state index in [9.17, 15) is 4.79 Å². The van der Waals surface area contributed by atoms with Crippen molar-refractivity contribution >= 4 is 34.0 Å². The summed E-state index contributed by atoms with van der Waals surface area (Å²) in [5.41, 5.74) is 3.54. The molecule has 0 aliphatic heterocycles. The number of benzene rings is 2. The van der Waals surface area contributed by atoms with Crippen molar-refractivity contribution in [3.05, 3.63) is 77.9 Å². The van der Waals surface area contributed by atoms with Gasteiger partial charge in [0.05, 0.1) is 17.2 Å². The summed E-state index contributed by atoms with van der Waals surface area (Å²) in [5.74, 6) is -0.266. The highest BCUT2D eigenvalue weighted by atomic mass is 32.1. The Kier molecular flexibility index (Phi) is 3.76. The molecule has 0 spiro atoms. The average molecular weight is 331 g/mol. The molecule has 0 unspecified atom stereocenters. The molecule has 24 heavy (non-hydrogen) atoms. The predicted octanol–water partition coefficient (Wildman–Crippen LogP) is 4.61. The molecule has 2 aromatic heterocycles. The Morgan fingerprint density at radius 3 is 2.54 bits per heavy atom. The Morgan fingerprint density at radius 2 is 1.71 bits per heavy atom. The average Bonchev–Trinajstić information content (AvgIpc) is 3.16. The minimum atomic E-state index is -0.266. The second-order valence-electron chi connectivity index (χ2n) is 5.22. The van der Waals surface area contributed by atoms with Crippen LogP contribution in [0.5, 0.6) is 0 Å². The number of aromatic nitrogens is 2. The maximum atomic E-state index is 12.6. The van der Waals surface area contributed by atoms with E-state index in [-0.39, 0.29) is 5.91 Å². The number of carbonyl (C=O) groups excluding carboxylic acids is 1. The number of para-hydroxylation sites is 3. The Labute approximate surface area is 142 Å². The molecule has 0 atom stereocenters. The number of thiophene rings is 1. The molecule has 4 nitrogen and oxygen atoms in total. The van der Waals surface area contributed by atoms with Crippen LogP contribution in [0, 0.1) is 0 Å². The van der Waals surface area contributed by atoms with Gasteiger partial charge in [-0.3, -0.25) is 9.78 Å². The quantitative estimate of drug-likeness (QED) is 0.596. The third-order valence-electron chi connectivity index (χ3n) is 3.64. The monoisotopic (exact) mass is 331 g/mol. The van der Waals surface area contributed by atoms with Gasteiger partial charge in [0.25, 0.3) is 5.91 Å². The lowest BCUT2D eigenvalue weighted by Crippen LogP contribution is -2.14. The zero-order valence-electron chi connectivity index (χ0n) is 12.6. The molecule has 4 aromatic rings. The molecule has 116 valence electrons. The van der Waals surface area contributed by atoms with Gasteiger partial charge in [-0.25, -0.2) is 4.98 Å². The van der Waals surface area contributed by atoms with E-state index in [1.807, 2.05) is 66.0 Å². The van der Waals surface area contributed by atoms with Gasteiger partial charge in [0.15, 0.2) is 0 Å². The summed E-state index contributed by atoms with van der Waals surface area (Å²) in [4.78, 5) is 22.4. The molecule has 2 aromatic carbocycles. The lowest BCUT2D eigenvalue weighted by Gasteiger charge is -2.09. The van der Waals surface area contributed by atoms with Gasteiger partial charge < -0.3 is 5.32 Å². The molecular formula is C19H13N3OS. The van der Waals surface area contributed by atoms with E-state index in [0.717, 1.165) is 21.6 Å². The van der Waals surface area contributed by atoms with E-state index >= 15 is 0 Å².